The molecule has 2 unspecified atom stereocenters. The molecule has 1 amide bonds. The lowest BCUT2D eigenvalue weighted by Gasteiger charge is -2.21. The van der Waals surface area contributed by atoms with Crippen LogP contribution in [0.2, 0.25) is 0 Å². The van der Waals surface area contributed by atoms with Gasteiger partial charge < -0.3 is 10.2 Å². The Morgan fingerprint density at radius 2 is 2.07 bits per heavy atom. The second-order valence-electron chi connectivity index (χ2n) is 3.89. The quantitative estimate of drug-likeness (QED) is 0.654. The van der Waals surface area contributed by atoms with E-state index in [9.17, 15) is 4.79 Å². The van der Waals surface area contributed by atoms with E-state index < -0.39 is 0 Å². The van der Waals surface area contributed by atoms with Gasteiger partial charge in [0.2, 0.25) is 5.91 Å². The summed E-state index contributed by atoms with van der Waals surface area (Å²) in [4.78, 5) is 13.1. The molecule has 0 aromatic carbocycles. The minimum absolute atomic E-state index is 0.107. The van der Waals surface area contributed by atoms with Crippen LogP contribution >= 0.6 is 0 Å². The standard InChI is InChI=1S/C11H22N2O/c1-6-7-8-9(2)12-10(3)11(14)13(4)5/h6,9-10,12H,1,7-8H2,2-5H3. The van der Waals surface area contributed by atoms with Gasteiger partial charge in [-0.2, -0.15) is 0 Å². The molecule has 0 aliphatic heterocycles. The summed E-state index contributed by atoms with van der Waals surface area (Å²) in [7, 11) is 3.55. The zero-order valence-electron chi connectivity index (χ0n) is 9.71. The molecule has 0 saturated carbocycles. The molecule has 0 rings (SSSR count). The van der Waals surface area contributed by atoms with Crippen LogP contribution in [0.1, 0.15) is 26.7 Å². The van der Waals surface area contributed by atoms with Gasteiger partial charge >= 0.3 is 0 Å². The van der Waals surface area contributed by atoms with E-state index in [0.29, 0.717) is 6.04 Å². The Kier molecular flexibility index (Phi) is 6.21. The minimum atomic E-state index is -0.107. The fraction of sp³-hybridized carbons (Fsp3) is 0.727. The maximum atomic E-state index is 11.5. The number of hydrogen-bond donors (Lipinski definition) is 1. The first kappa shape index (κ1) is 13.2. The summed E-state index contributed by atoms with van der Waals surface area (Å²) < 4.78 is 0. The molecule has 2 atom stereocenters. The predicted octanol–water partition coefficient (Wildman–Crippen LogP) is 1.41. The Morgan fingerprint density at radius 1 is 1.50 bits per heavy atom. The smallest absolute Gasteiger partial charge is 0.238 e. The van der Waals surface area contributed by atoms with E-state index in [0.717, 1.165) is 12.8 Å². The van der Waals surface area contributed by atoms with E-state index in [1.165, 1.54) is 0 Å². The van der Waals surface area contributed by atoms with Crippen LogP contribution in [-0.2, 0) is 4.79 Å². The van der Waals surface area contributed by atoms with Gasteiger partial charge in [-0.15, -0.1) is 6.58 Å². The highest BCUT2D eigenvalue weighted by atomic mass is 16.2. The summed E-state index contributed by atoms with van der Waals surface area (Å²) in [5.41, 5.74) is 0. The molecule has 0 spiro atoms. The minimum Gasteiger partial charge on any atom is -0.347 e. The molecule has 0 aliphatic rings. The van der Waals surface area contributed by atoms with Crippen LogP contribution in [-0.4, -0.2) is 37.0 Å². The SMILES string of the molecule is C=CCCC(C)NC(C)C(=O)N(C)C. The van der Waals surface area contributed by atoms with Crippen LogP contribution in [0.5, 0.6) is 0 Å². The number of nitrogens with zero attached hydrogens (tertiary/aromatic N) is 1. The predicted molar refractivity (Wildman–Crippen MR) is 60.2 cm³/mol. The summed E-state index contributed by atoms with van der Waals surface area (Å²) in [6.45, 7) is 7.65. The monoisotopic (exact) mass is 198 g/mol. The molecule has 0 radical (unpaired) electrons. The van der Waals surface area contributed by atoms with Gasteiger partial charge in [-0.05, 0) is 26.7 Å². The number of allylic oxidation sites excluding steroid dienone is 1. The topological polar surface area (TPSA) is 32.3 Å². The molecule has 3 nitrogen and oxygen atoms in total. The van der Waals surface area contributed by atoms with Crippen LogP contribution in [0, 0.1) is 0 Å². The van der Waals surface area contributed by atoms with Crippen molar-refractivity contribution < 1.29 is 4.79 Å². The second-order valence-corrected chi connectivity index (χ2v) is 3.89. The molecule has 0 bridgehead atoms. The van der Waals surface area contributed by atoms with E-state index in [1.807, 2.05) is 13.0 Å². The number of amides is 1. The van der Waals surface area contributed by atoms with Crippen LogP contribution < -0.4 is 5.32 Å². The molecular formula is C11H22N2O. The third-order valence-corrected chi connectivity index (χ3v) is 2.15. The lowest BCUT2D eigenvalue weighted by molar-refractivity contribution is -0.130. The maximum Gasteiger partial charge on any atom is 0.238 e. The molecule has 0 fully saturated rings. The van der Waals surface area contributed by atoms with Gasteiger partial charge in [0.1, 0.15) is 0 Å². The summed E-state index contributed by atoms with van der Waals surface area (Å²) in [6.07, 6.45) is 3.90. The number of carbonyl (C=O) groups is 1. The van der Waals surface area contributed by atoms with Crippen molar-refractivity contribution >= 4 is 5.91 Å². The van der Waals surface area contributed by atoms with Crippen LogP contribution in [0.15, 0.2) is 12.7 Å². The van der Waals surface area contributed by atoms with Crippen molar-refractivity contribution in [1.82, 2.24) is 10.2 Å². The van der Waals surface area contributed by atoms with Crippen molar-refractivity contribution in [3.8, 4) is 0 Å². The van der Waals surface area contributed by atoms with Gasteiger partial charge in [0.25, 0.3) is 0 Å². The average Bonchev–Trinajstić information content (AvgIpc) is 2.13. The third kappa shape index (κ3) is 5.02. The lowest BCUT2D eigenvalue weighted by Crippen LogP contribution is -2.45. The zero-order valence-corrected chi connectivity index (χ0v) is 9.71. The first-order valence-electron chi connectivity index (χ1n) is 5.07. The van der Waals surface area contributed by atoms with Crippen LogP contribution in [0.25, 0.3) is 0 Å². The first-order chi connectivity index (χ1) is 6.49. The normalized spacial score (nSPS) is 14.6. The van der Waals surface area contributed by atoms with Crippen molar-refractivity contribution in [2.75, 3.05) is 14.1 Å². The number of carbonyl (C=O) groups excluding carboxylic acids is 1. The number of nitrogens with one attached hydrogen (secondary N) is 1. The number of rotatable bonds is 6. The van der Waals surface area contributed by atoms with Gasteiger partial charge in [-0.25, -0.2) is 0 Å². The summed E-state index contributed by atoms with van der Waals surface area (Å²) in [5, 5.41) is 3.26. The Hall–Kier alpha value is -0.830. The van der Waals surface area contributed by atoms with E-state index in [1.54, 1.807) is 19.0 Å². The molecule has 1 N–H and O–H groups in total. The van der Waals surface area contributed by atoms with E-state index in [2.05, 4.69) is 18.8 Å². The molecule has 14 heavy (non-hydrogen) atoms. The molecule has 82 valence electrons. The highest BCUT2D eigenvalue weighted by Crippen LogP contribution is 1.99. The summed E-state index contributed by atoms with van der Waals surface area (Å²) >= 11 is 0. The summed E-state index contributed by atoms with van der Waals surface area (Å²) in [5.74, 6) is 0.121. The van der Waals surface area contributed by atoms with Gasteiger partial charge in [-0.1, -0.05) is 6.08 Å². The van der Waals surface area contributed by atoms with Gasteiger partial charge in [0.15, 0.2) is 0 Å². The second kappa shape index (κ2) is 6.60. The van der Waals surface area contributed by atoms with Crippen molar-refractivity contribution in [3.63, 3.8) is 0 Å². The molecule has 3 heteroatoms. The molecular weight excluding hydrogens is 176 g/mol. The molecule has 0 aromatic heterocycles. The highest BCUT2D eigenvalue weighted by molar-refractivity contribution is 5.80. The molecule has 0 heterocycles. The number of likely N-dealkylation sites (N-methyl/N-ethyl adjacent to an activating group) is 1. The summed E-state index contributed by atoms with van der Waals surface area (Å²) in [6, 6.07) is 0.247. The van der Waals surface area contributed by atoms with Crippen molar-refractivity contribution in [2.45, 2.75) is 38.8 Å². The Morgan fingerprint density at radius 3 is 2.50 bits per heavy atom. The Balaban J connectivity index is 3.86. The van der Waals surface area contributed by atoms with E-state index in [-0.39, 0.29) is 11.9 Å². The van der Waals surface area contributed by atoms with Crippen molar-refractivity contribution in [3.05, 3.63) is 12.7 Å². The van der Waals surface area contributed by atoms with Crippen LogP contribution in [0.3, 0.4) is 0 Å². The first-order valence-corrected chi connectivity index (χ1v) is 5.07. The largest absolute Gasteiger partial charge is 0.347 e. The number of hydrogen-bond acceptors (Lipinski definition) is 2. The molecule has 0 aromatic rings. The highest BCUT2D eigenvalue weighted by Gasteiger charge is 2.15. The maximum absolute atomic E-state index is 11.5. The zero-order chi connectivity index (χ0) is 11.1. The van der Waals surface area contributed by atoms with Crippen LogP contribution in [0.4, 0.5) is 0 Å². The van der Waals surface area contributed by atoms with Crippen molar-refractivity contribution in [1.29, 1.82) is 0 Å². The van der Waals surface area contributed by atoms with Gasteiger partial charge in [0.05, 0.1) is 6.04 Å². The average molecular weight is 198 g/mol. The van der Waals surface area contributed by atoms with E-state index >= 15 is 0 Å². The lowest BCUT2D eigenvalue weighted by atomic mass is 10.1. The Bertz CT molecular complexity index is 190. The fourth-order valence-corrected chi connectivity index (χ4v) is 1.34. The molecule has 0 saturated heterocycles. The third-order valence-electron chi connectivity index (χ3n) is 2.15. The van der Waals surface area contributed by atoms with Gasteiger partial charge in [-0.3, -0.25) is 4.79 Å². The fourth-order valence-electron chi connectivity index (χ4n) is 1.34. The van der Waals surface area contributed by atoms with Crippen molar-refractivity contribution in [2.24, 2.45) is 0 Å². The molecule has 0 aliphatic carbocycles. The Labute approximate surface area is 87.2 Å². The van der Waals surface area contributed by atoms with Gasteiger partial charge in [0, 0.05) is 20.1 Å². The van der Waals surface area contributed by atoms with E-state index in [4.69, 9.17) is 0 Å².